The monoisotopic (exact) mass is 338 g/mol. The summed E-state index contributed by atoms with van der Waals surface area (Å²) < 4.78 is 8.50. The minimum Gasteiger partial charge on any atom is -0.493 e. The second-order valence-corrected chi connectivity index (χ2v) is 5.45. The van der Waals surface area contributed by atoms with E-state index in [-0.39, 0.29) is 0 Å². The van der Waals surface area contributed by atoms with E-state index in [0.717, 1.165) is 41.2 Å². The number of halogens is 1. The van der Waals surface area contributed by atoms with Crippen LogP contribution in [-0.4, -0.2) is 21.4 Å². The predicted molar refractivity (Wildman–Crippen MR) is 81.5 cm³/mol. The Labute approximate surface area is 127 Å². The molecular formula is C14H19BrN4O. The fourth-order valence-electron chi connectivity index (χ4n) is 1.81. The van der Waals surface area contributed by atoms with Gasteiger partial charge >= 0.3 is 0 Å². The van der Waals surface area contributed by atoms with Gasteiger partial charge in [0.2, 0.25) is 0 Å². The summed E-state index contributed by atoms with van der Waals surface area (Å²) in [6.45, 7) is 4.19. The quantitative estimate of drug-likeness (QED) is 0.843. The summed E-state index contributed by atoms with van der Waals surface area (Å²) in [6.07, 6.45) is 2.70. The Morgan fingerprint density at radius 3 is 2.90 bits per heavy atom. The molecule has 1 heterocycles. The number of nitrogens with one attached hydrogen (secondary N) is 1. The predicted octanol–water partition coefficient (Wildman–Crippen LogP) is 2.66. The molecule has 0 atom stereocenters. The molecule has 0 saturated carbocycles. The Morgan fingerprint density at radius 2 is 2.20 bits per heavy atom. The first-order valence-corrected chi connectivity index (χ1v) is 7.44. The zero-order chi connectivity index (χ0) is 14.4. The molecule has 0 aliphatic carbocycles. The molecule has 0 saturated heterocycles. The number of hydrogen-bond acceptors (Lipinski definition) is 4. The largest absolute Gasteiger partial charge is 0.493 e. The Kier molecular flexibility index (Phi) is 5.55. The third-order valence-electron chi connectivity index (χ3n) is 2.73. The van der Waals surface area contributed by atoms with Crippen molar-refractivity contribution in [1.29, 1.82) is 0 Å². The fraction of sp³-hybridized carbons (Fsp3) is 0.429. The van der Waals surface area contributed by atoms with Gasteiger partial charge in [0, 0.05) is 23.6 Å². The third kappa shape index (κ3) is 4.31. The van der Waals surface area contributed by atoms with Gasteiger partial charge in [0.05, 0.1) is 13.2 Å². The summed E-state index contributed by atoms with van der Waals surface area (Å²) in [6, 6.07) is 6.06. The van der Waals surface area contributed by atoms with Crippen molar-refractivity contribution < 1.29 is 4.74 Å². The molecule has 1 aromatic carbocycles. The van der Waals surface area contributed by atoms with Gasteiger partial charge < -0.3 is 10.1 Å². The van der Waals surface area contributed by atoms with Crippen molar-refractivity contribution in [2.75, 3.05) is 6.61 Å². The average molecular weight is 339 g/mol. The normalized spacial score (nSPS) is 10.8. The molecule has 20 heavy (non-hydrogen) atoms. The smallest absolute Gasteiger partial charge is 0.164 e. The van der Waals surface area contributed by atoms with E-state index in [1.807, 2.05) is 19.2 Å². The molecule has 6 heteroatoms. The molecule has 1 aromatic heterocycles. The van der Waals surface area contributed by atoms with Gasteiger partial charge in [-0.2, -0.15) is 5.10 Å². The van der Waals surface area contributed by atoms with Crippen molar-refractivity contribution in [1.82, 2.24) is 20.1 Å². The van der Waals surface area contributed by atoms with Crippen LogP contribution in [0.4, 0.5) is 0 Å². The number of ether oxygens (including phenoxy) is 1. The molecule has 0 aliphatic rings. The van der Waals surface area contributed by atoms with E-state index in [1.165, 1.54) is 0 Å². The maximum Gasteiger partial charge on any atom is 0.164 e. The van der Waals surface area contributed by atoms with Crippen LogP contribution in [0.5, 0.6) is 5.75 Å². The van der Waals surface area contributed by atoms with Crippen LogP contribution in [0.25, 0.3) is 0 Å². The Bertz CT molecular complexity index is 556. The number of aryl methyl sites for hydroxylation is 1. The number of hydrogen-bond donors (Lipinski definition) is 1. The molecule has 0 radical (unpaired) electrons. The first kappa shape index (κ1) is 15.0. The van der Waals surface area contributed by atoms with E-state index in [0.29, 0.717) is 6.54 Å². The van der Waals surface area contributed by atoms with Crippen molar-refractivity contribution in [2.24, 2.45) is 7.05 Å². The Balaban J connectivity index is 1.95. The molecule has 1 N–H and O–H groups in total. The van der Waals surface area contributed by atoms with Gasteiger partial charge in [-0.3, -0.25) is 4.68 Å². The molecule has 0 spiro atoms. The minimum absolute atomic E-state index is 0.639. The summed E-state index contributed by atoms with van der Waals surface area (Å²) in [4.78, 5) is 4.19. The van der Waals surface area contributed by atoms with Gasteiger partial charge in [0.25, 0.3) is 0 Å². The van der Waals surface area contributed by atoms with E-state index in [4.69, 9.17) is 4.74 Å². The second-order valence-electron chi connectivity index (χ2n) is 4.54. The molecule has 2 rings (SSSR count). The van der Waals surface area contributed by atoms with Gasteiger partial charge in [-0.1, -0.05) is 22.9 Å². The van der Waals surface area contributed by atoms with Crippen LogP contribution in [0.3, 0.4) is 0 Å². The van der Waals surface area contributed by atoms with Crippen molar-refractivity contribution in [3.8, 4) is 5.75 Å². The lowest BCUT2D eigenvalue weighted by atomic mass is 10.2. The lowest BCUT2D eigenvalue weighted by Gasteiger charge is -2.11. The first-order chi connectivity index (χ1) is 9.69. The lowest BCUT2D eigenvalue weighted by molar-refractivity contribution is 0.313. The molecule has 0 bridgehead atoms. The van der Waals surface area contributed by atoms with E-state index in [1.54, 1.807) is 11.0 Å². The summed E-state index contributed by atoms with van der Waals surface area (Å²) in [7, 11) is 1.86. The number of nitrogens with zero attached hydrogens (tertiary/aromatic N) is 3. The van der Waals surface area contributed by atoms with Gasteiger partial charge in [-0.05, 0) is 24.6 Å². The number of benzene rings is 1. The van der Waals surface area contributed by atoms with Crippen LogP contribution in [0, 0.1) is 0 Å². The van der Waals surface area contributed by atoms with Crippen molar-refractivity contribution in [2.45, 2.75) is 26.4 Å². The van der Waals surface area contributed by atoms with Gasteiger partial charge in [0.1, 0.15) is 12.1 Å². The molecule has 0 unspecified atom stereocenters. The van der Waals surface area contributed by atoms with Crippen LogP contribution < -0.4 is 10.1 Å². The Morgan fingerprint density at radius 1 is 1.35 bits per heavy atom. The van der Waals surface area contributed by atoms with Crippen LogP contribution in [-0.2, 0) is 20.1 Å². The maximum absolute atomic E-state index is 5.75. The van der Waals surface area contributed by atoms with Gasteiger partial charge in [-0.25, -0.2) is 4.98 Å². The molecular weight excluding hydrogens is 320 g/mol. The summed E-state index contributed by atoms with van der Waals surface area (Å²) in [5.41, 5.74) is 1.13. The standard InChI is InChI=1S/C14H19BrN4O/c1-3-6-20-13-5-4-12(15)7-11(13)8-16-9-14-17-10-19(2)18-14/h4-5,7,10,16H,3,6,8-9H2,1-2H3. The average Bonchev–Trinajstić information content (AvgIpc) is 2.84. The van der Waals surface area contributed by atoms with Crippen molar-refractivity contribution >= 4 is 15.9 Å². The highest BCUT2D eigenvalue weighted by Crippen LogP contribution is 2.23. The zero-order valence-corrected chi connectivity index (χ0v) is 13.4. The minimum atomic E-state index is 0.639. The number of rotatable bonds is 7. The molecule has 0 aliphatic heterocycles. The van der Waals surface area contributed by atoms with Crippen LogP contribution in [0.15, 0.2) is 29.0 Å². The highest BCUT2D eigenvalue weighted by molar-refractivity contribution is 9.10. The third-order valence-corrected chi connectivity index (χ3v) is 3.22. The van der Waals surface area contributed by atoms with Gasteiger partial charge in [0.15, 0.2) is 5.82 Å². The fourth-order valence-corrected chi connectivity index (χ4v) is 2.22. The molecule has 0 amide bonds. The van der Waals surface area contributed by atoms with E-state index in [9.17, 15) is 0 Å². The maximum atomic E-state index is 5.75. The summed E-state index contributed by atoms with van der Waals surface area (Å²) >= 11 is 3.49. The SMILES string of the molecule is CCCOc1ccc(Br)cc1CNCc1ncn(C)n1. The van der Waals surface area contributed by atoms with Crippen molar-refractivity contribution in [3.05, 3.63) is 40.4 Å². The summed E-state index contributed by atoms with van der Waals surface area (Å²) in [5, 5.41) is 7.57. The zero-order valence-electron chi connectivity index (χ0n) is 11.8. The second kappa shape index (κ2) is 7.40. The van der Waals surface area contributed by atoms with Crippen LogP contribution >= 0.6 is 15.9 Å². The highest BCUT2D eigenvalue weighted by atomic mass is 79.9. The topological polar surface area (TPSA) is 52.0 Å². The molecule has 108 valence electrons. The van der Waals surface area contributed by atoms with E-state index < -0.39 is 0 Å². The lowest BCUT2D eigenvalue weighted by Crippen LogP contribution is -2.15. The Hall–Kier alpha value is -1.40. The first-order valence-electron chi connectivity index (χ1n) is 6.65. The summed E-state index contributed by atoms with van der Waals surface area (Å²) in [5.74, 6) is 1.72. The molecule has 2 aromatic rings. The van der Waals surface area contributed by atoms with Gasteiger partial charge in [-0.15, -0.1) is 0 Å². The van der Waals surface area contributed by atoms with E-state index >= 15 is 0 Å². The number of aromatic nitrogens is 3. The molecule has 0 fully saturated rings. The molecule has 5 nitrogen and oxygen atoms in total. The van der Waals surface area contributed by atoms with Crippen molar-refractivity contribution in [3.63, 3.8) is 0 Å². The van der Waals surface area contributed by atoms with Crippen LogP contribution in [0.1, 0.15) is 24.7 Å². The highest BCUT2D eigenvalue weighted by Gasteiger charge is 2.05. The van der Waals surface area contributed by atoms with E-state index in [2.05, 4.69) is 44.3 Å². The van der Waals surface area contributed by atoms with Crippen LogP contribution in [0.2, 0.25) is 0 Å².